The Balaban J connectivity index is 1.27. The van der Waals surface area contributed by atoms with E-state index in [9.17, 15) is 4.79 Å². The lowest BCUT2D eigenvalue weighted by Gasteiger charge is -2.40. The molecule has 1 saturated heterocycles. The molecule has 0 unspecified atom stereocenters. The number of hydrogen-bond donors (Lipinski definition) is 1. The van der Waals surface area contributed by atoms with Gasteiger partial charge in [0.1, 0.15) is 5.75 Å². The Bertz CT molecular complexity index is 1720. The van der Waals surface area contributed by atoms with Crippen LogP contribution in [0.1, 0.15) is 63.1 Å². The Morgan fingerprint density at radius 3 is 2.55 bits per heavy atom. The number of piperidine rings is 1. The molecular weight excluding hydrogens is 526 g/mol. The van der Waals surface area contributed by atoms with Gasteiger partial charge < -0.3 is 19.7 Å². The highest BCUT2D eigenvalue weighted by Crippen LogP contribution is 2.52. The molecule has 1 atom stereocenters. The molecule has 3 aromatic carbocycles. The highest BCUT2D eigenvalue weighted by atomic mass is 16.5. The van der Waals surface area contributed by atoms with Gasteiger partial charge in [0.05, 0.1) is 13.2 Å². The maximum absolute atomic E-state index is 13.8. The van der Waals surface area contributed by atoms with Crippen molar-refractivity contribution in [2.75, 3.05) is 30.4 Å². The van der Waals surface area contributed by atoms with Crippen LogP contribution in [0.3, 0.4) is 0 Å². The Morgan fingerprint density at radius 1 is 0.905 bits per heavy atom. The predicted molar refractivity (Wildman–Crippen MR) is 164 cm³/mol. The van der Waals surface area contributed by atoms with Crippen molar-refractivity contribution >= 4 is 33.8 Å². The standard InChI is InChI=1S/C34H35N5O3/c1-34(2)19-25-28-24-13-6-5-10-21(24)14-15-26(28)35-30(29(25)27(40)20-34)22-11-9-12-23(18-22)42-33-37-31(36-32(38-33)41-3)39-16-7-4-8-17-39/h5-6,9-15,18,30,35H,4,7-8,16-17,19-20H2,1-3H3/t30-/m1/s1. The zero-order chi connectivity index (χ0) is 28.8. The van der Waals surface area contributed by atoms with Gasteiger partial charge in [-0.05, 0) is 71.2 Å². The molecule has 3 heterocycles. The smallest absolute Gasteiger partial charge is 0.330 e. The zero-order valence-electron chi connectivity index (χ0n) is 24.3. The molecule has 0 spiro atoms. The molecule has 0 saturated carbocycles. The highest BCUT2D eigenvalue weighted by molar-refractivity contribution is 6.12. The lowest BCUT2D eigenvalue weighted by Crippen LogP contribution is -2.33. The molecule has 3 aliphatic rings. The first kappa shape index (κ1) is 26.4. The summed E-state index contributed by atoms with van der Waals surface area (Å²) in [5.41, 5.74) is 5.03. The summed E-state index contributed by atoms with van der Waals surface area (Å²) < 4.78 is 11.6. The number of methoxy groups -OCH3 is 1. The van der Waals surface area contributed by atoms with Crippen molar-refractivity contribution < 1.29 is 14.3 Å². The Morgan fingerprint density at radius 2 is 1.71 bits per heavy atom. The van der Waals surface area contributed by atoms with Gasteiger partial charge in [0, 0.05) is 36.3 Å². The van der Waals surface area contributed by atoms with Crippen LogP contribution in [-0.4, -0.2) is 40.9 Å². The van der Waals surface area contributed by atoms with Crippen LogP contribution in [0.15, 0.2) is 66.2 Å². The van der Waals surface area contributed by atoms with E-state index in [1.54, 1.807) is 7.11 Å². The van der Waals surface area contributed by atoms with Crippen molar-refractivity contribution in [1.29, 1.82) is 0 Å². The topological polar surface area (TPSA) is 89.5 Å². The van der Waals surface area contributed by atoms with Crippen molar-refractivity contribution in [2.45, 2.75) is 52.0 Å². The van der Waals surface area contributed by atoms with Gasteiger partial charge in [0.25, 0.3) is 0 Å². The second-order valence-electron chi connectivity index (χ2n) is 12.2. The fourth-order valence-electron chi connectivity index (χ4n) is 6.65. The quantitative estimate of drug-likeness (QED) is 0.275. The van der Waals surface area contributed by atoms with E-state index in [0.29, 0.717) is 18.1 Å². The first-order valence-corrected chi connectivity index (χ1v) is 14.8. The molecule has 0 radical (unpaired) electrons. The van der Waals surface area contributed by atoms with Crippen LogP contribution < -0.4 is 19.7 Å². The Kier molecular flexibility index (Phi) is 6.56. The number of anilines is 2. The largest absolute Gasteiger partial charge is 0.467 e. The minimum absolute atomic E-state index is 0.110. The fourth-order valence-corrected chi connectivity index (χ4v) is 6.65. The minimum Gasteiger partial charge on any atom is -0.467 e. The lowest BCUT2D eigenvalue weighted by molar-refractivity contribution is -0.118. The van der Waals surface area contributed by atoms with Crippen LogP contribution in [0.2, 0.25) is 0 Å². The zero-order valence-corrected chi connectivity index (χ0v) is 24.3. The Labute approximate surface area is 245 Å². The van der Waals surface area contributed by atoms with E-state index in [1.807, 2.05) is 24.3 Å². The molecule has 1 aliphatic carbocycles. The molecule has 1 fully saturated rings. The molecular formula is C34H35N5O3. The molecule has 1 aromatic heterocycles. The average Bonchev–Trinajstić information content (AvgIpc) is 3.00. The summed E-state index contributed by atoms with van der Waals surface area (Å²) in [4.78, 5) is 29.4. The maximum atomic E-state index is 13.8. The molecule has 0 amide bonds. The van der Waals surface area contributed by atoms with Crippen molar-refractivity contribution in [2.24, 2.45) is 5.41 Å². The number of hydrogen-bond acceptors (Lipinski definition) is 8. The summed E-state index contributed by atoms with van der Waals surface area (Å²) in [6, 6.07) is 20.7. The summed E-state index contributed by atoms with van der Waals surface area (Å²) in [5, 5.41) is 6.06. The van der Waals surface area contributed by atoms with E-state index in [1.165, 1.54) is 17.2 Å². The molecule has 1 N–H and O–H groups in total. The highest BCUT2D eigenvalue weighted by Gasteiger charge is 2.41. The second kappa shape index (κ2) is 10.4. The summed E-state index contributed by atoms with van der Waals surface area (Å²) in [7, 11) is 1.54. The number of carbonyl (C=O) groups excluding carboxylic acids is 1. The van der Waals surface area contributed by atoms with Gasteiger partial charge in [-0.15, -0.1) is 4.98 Å². The first-order valence-electron chi connectivity index (χ1n) is 14.8. The molecule has 8 heteroatoms. The second-order valence-corrected chi connectivity index (χ2v) is 12.2. The number of ketones is 1. The number of benzene rings is 3. The van der Waals surface area contributed by atoms with Crippen molar-refractivity contribution in [1.82, 2.24) is 15.0 Å². The van der Waals surface area contributed by atoms with Gasteiger partial charge in [-0.2, -0.15) is 9.97 Å². The van der Waals surface area contributed by atoms with Crippen LogP contribution in [0, 0.1) is 5.41 Å². The number of ether oxygens (including phenoxy) is 2. The van der Waals surface area contributed by atoms with Gasteiger partial charge in [-0.25, -0.2) is 0 Å². The SMILES string of the molecule is COc1nc(Oc2cccc([C@H]3Nc4ccc5ccccc5c4C4=C3C(=O)CC(C)(C)C4)c2)nc(N2CCCCC2)n1. The van der Waals surface area contributed by atoms with Gasteiger partial charge in [0.15, 0.2) is 5.78 Å². The van der Waals surface area contributed by atoms with Gasteiger partial charge >= 0.3 is 12.0 Å². The van der Waals surface area contributed by atoms with Crippen LogP contribution in [-0.2, 0) is 4.79 Å². The molecule has 214 valence electrons. The molecule has 0 bridgehead atoms. The average molecular weight is 562 g/mol. The van der Waals surface area contributed by atoms with Crippen LogP contribution in [0.5, 0.6) is 17.8 Å². The van der Waals surface area contributed by atoms with Gasteiger partial charge in [0.2, 0.25) is 5.95 Å². The number of nitrogens with one attached hydrogen (secondary N) is 1. The number of allylic oxidation sites excluding steroid dienone is 1. The van der Waals surface area contributed by atoms with Crippen molar-refractivity contribution in [3.05, 3.63) is 77.4 Å². The van der Waals surface area contributed by atoms with E-state index in [0.717, 1.165) is 60.3 Å². The number of rotatable bonds is 5. The van der Waals surface area contributed by atoms with Crippen molar-refractivity contribution in [3.8, 4) is 17.8 Å². The number of aromatic nitrogens is 3. The minimum atomic E-state index is -0.294. The number of fused-ring (bicyclic) bond motifs is 4. The Hall–Kier alpha value is -4.46. The van der Waals surface area contributed by atoms with E-state index in [4.69, 9.17) is 9.47 Å². The summed E-state index contributed by atoms with van der Waals surface area (Å²) >= 11 is 0. The molecule has 2 aliphatic heterocycles. The van der Waals surface area contributed by atoms with Gasteiger partial charge in [-0.1, -0.05) is 56.3 Å². The monoisotopic (exact) mass is 561 g/mol. The number of Topliss-reactive ketones (excluding diaryl/α,β-unsaturated/α-hetero) is 1. The van der Waals surface area contributed by atoms with E-state index in [-0.39, 0.29) is 29.3 Å². The summed E-state index contributed by atoms with van der Waals surface area (Å²) in [6.45, 7) is 6.17. The first-order chi connectivity index (χ1) is 20.4. The third-order valence-electron chi connectivity index (χ3n) is 8.54. The van der Waals surface area contributed by atoms with Crippen LogP contribution in [0.25, 0.3) is 16.3 Å². The maximum Gasteiger partial charge on any atom is 0.330 e. The third-order valence-corrected chi connectivity index (χ3v) is 8.54. The van der Waals surface area contributed by atoms with Crippen LogP contribution >= 0.6 is 0 Å². The van der Waals surface area contributed by atoms with E-state index < -0.39 is 0 Å². The molecule has 8 nitrogen and oxygen atoms in total. The molecule has 7 rings (SSSR count). The number of carbonyl (C=O) groups is 1. The molecule has 4 aromatic rings. The molecule has 42 heavy (non-hydrogen) atoms. The van der Waals surface area contributed by atoms with E-state index >= 15 is 0 Å². The van der Waals surface area contributed by atoms with Crippen LogP contribution in [0.4, 0.5) is 11.6 Å². The normalized spacial score (nSPS) is 19.6. The predicted octanol–water partition coefficient (Wildman–Crippen LogP) is 7.13. The summed E-state index contributed by atoms with van der Waals surface area (Å²) in [6.07, 6.45) is 4.78. The van der Waals surface area contributed by atoms with Gasteiger partial charge in [-0.3, -0.25) is 4.79 Å². The number of nitrogens with zero attached hydrogens (tertiary/aromatic N) is 4. The van der Waals surface area contributed by atoms with Crippen molar-refractivity contribution in [3.63, 3.8) is 0 Å². The summed E-state index contributed by atoms with van der Waals surface area (Å²) in [5.74, 6) is 1.34. The third kappa shape index (κ3) is 4.85. The fraction of sp³-hybridized carbons (Fsp3) is 0.353. The lowest BCUT2D eigenvalue weighted by atomic mass is 9.68. The van der Waals surface area contributed by atoms with E-state index in [2.05, 4.69) is 75.4 Å².